The van der Waals surface area contributed by atoms with Crippen molar-refractivity contribution in [2.24, 2.45) is 0 Å². The maximum Gasteiger partial charge on any atom is 0.231 e. The molecule has 0 aliphatic carbocycles. The van der Waals surface area contributed by atoms with Crippen molar-refractivity contribution >= 4 is 5.78 Å². The van der Waals surface area contributed by atoms with Gasteiger partial charge in [0.15, 0.2) is 11.5 Å². The van der Waals surface area contributed by atoms with Crippen molar-refractivity contribution in [3.8, 4) is 11.5 Å². The Kier molecular flexibility index (Phi) is 2.18. The van der Waals surface area contributed by atoms with Gasteiger partial charge in [0.25, 0.3) is 0 Å². The van der Waals surface area contributed by atoms with Gasteiger partial charge < -0.3 is 9.47 Å². The molecule has 0 radical (unpaired) electrons. The molecule has 0 spiro atoms. The maximum atomic E-state index is 11.5. The van der Waals surface area contributed by atoms with Crippen LogP contribution in [0.4, 0.5) is 0 Å². The van der Waals surface area contributed by atoms with E-state index >= 15 is 0 Å². The molecule has 0 saturated heterocycles. The summed E-state index contributed by atoms with van der Waals surface area (Å²) >= 11 is 0. The van der Waals surface area contributed by atoms with Crippen molar-refractivity contribution in [2.75, 3.05) is 6.79 Å². The molecule has 0 aromatic heterocycles. The number of rotatable bonds is 2. The Labute approximate surface area is 89.0 Å². The van der Waals surface area contributed by atoms with Crippen molar-refractivity contribution in [3.63, 3.8) is 0 Å². The van der Waals surface area contributed by atoms with E-state index in [1.54, 1.807) is 6.92 Å². The molecule has 3 heteroatoms. The van der Waals surface area contributed by atoms with Crippen LogP contribution in [0.1, 0.15) is 26.3 Å². The fourth-order valence-corrected chi connectivity index (χ4v) is 1.49. The van der Waals surface area contributed by atoms with E-state index in [0.717, 1.165) is 17.1 Å². The molecular weight excluding hydrogens is 192 g/mol. The van der Waals surface area contributed by atoms with Gasteiger partial charge in [-0.15, -0.1) is 0 Å². The minimum absolute atomic E-state index is 0.140. The fraction of sp³-hybridized carbons (Fsp3) is 0.417. The van der Waals surface area contributed by atoms with Gasteiger partial charge in [0.05, 0.1) is 0 Å². The second-order valence-corrected chi connectivity index (χ2v) is 4.25. The zero-order valence-electron chi connectivity index (χ0n) is 9.16. The molecule has 1 aromatic carbocycles. The lowest BCUT2D eigenvalue weighted by Crippen LogP contribution is -2.26. The van der Waals surface area contributed by atoms with E-state index in [1.165, 1.54) is 0 Å². The summed E-state index contributed by atoms with van der Waals surface area (Å²) < 4.78 is 10.5. The van der Waals surface area contributed by atoms with Gasteiger partial charge in [0.2, 0.25) is 6.79 Å². The van der Waals surface area contributed by atoms with Gasteiger partial charge in [-0.1, -0.05) is 6.07 Å². The smallest absolute Gasteiger partial charge is 0.231 e. The summed E-state index contributed by atoms with van der Waals surface area (Å²) in [5.41, 5.74) is 0.486. The van der Waals surface area contributed by atoms with E-state index in [2.05, 4.69) is 0 Å². The molecule has 15 heavy (non-hydrogen) atoms. The molecule has 0 bridgehead atoms. The highest BCUT2D eigenvalue weighted by Crippen LogP contribution is 2.36. The minimum atomic E-state index is -0.471. The molecule has 1 aliphatic rings. The summed E-state index contributed by atoms with van der Waals surface area (Å²) in [5, 5.41) is 0. The molecular formula is C12H14O3. The van der Waals surface area contributed by atoms with Crippen molar-refractivity contribution in [1.29, 1.82) is 0 Å². The fourth-order valence-electron chi connectivity index (χ4n) is 1.49. The number of Topliss-reactive ketones (excluding diaryl/α,β-unsaturated/α-hetero) is 1. The summed E-state index contributed by atoms with van der Waals surface area (Å²) in [7, 11) is 0. The van der Waals surface area contributed by atoms with Crippen LogP contribution in [0.2, 0.25) is 0 Å². The van der Waals surface area contributed by atoms with E-state index in [-0.39, 0.29) is 12.6 Å². The highest BCUT2D eigenvalue weighted by atomic mass is 16.7. The van der Waals surface area contributed by atoms with Crippen LogP contribution in [0.5, 0.6) is 11.5 Å². The van der Waals surface area contributed by atoms with Crippen molar-refractivity contribution in [2.45, 2.75) is 26.2 Å². The third kappa shape index (κ3) is 1.58. The lowest BCUT2D eigenvalue weighted by Gasteiger charge is -2.21. The Hall–Kier alpha value is -1.51. The number of ether oxygens (including phenoxy) is 2. The quantitative estimate of drug-likeness (QED) is 0.744. The molecule has 0 saturated carbocycles. The molecule has 80 valence electrons. The summed E-state index contributed by atoms with van der Waals surface area (Å²) in [4.78, 5) is 11.5. The van der Waals surface area contributed by atoms with Gasteiger partial charge in [-0.3, -0.25) is 4.79 Å². The van der Waals surface area contributed by atoms with E-state index in [0.29, 0.717) is 0 Å². The summed E-state index contributed by atoms with van der Waals surface area (Å²) in [5.74, 6) is 1.61. The van der Waals surface area contributed by atoms with Gasteiger partial charge in [0, 0.05) is 5.41 Å². The minimum Gasteiger partial charge on any atom is -0.454 e. The Bertz CT molecular complexity index is 407. The summed E-state index contributed by atoms with van der Waals surface area (Å²) in [6.07, 6.45) is 0. The van der Waals surface area contributed by atoms with Crippen LogP contribution in [0.3, 0.4) is 0 Å². The summed E-state index contributed by atoms with van der Waals surface area (Å²) in [6, 6.07) is 5.64. The topological polar surface area (TPSA) is 35.5 Å². The number of hydrogen-bond acceptors (Lipinski definition) is 3. The zero-order valence-corrected chi connectivity index (χ0v) is 9.16. The third-order valence-electron chi connectivity index (χ3n) is 2.97. The number of hydrogen-bond donors (Lipinski definition) is 0. The zero-order chi connectivity index (χ0) is 11.1. The second kappa shape index (κ2) is 3.26. The maximum absolute atomic E-state index is 11.5. The molecule has 1 heterocycles. The largest absolute Gasteiger partial charge is 0.454 e. The molecule has 3 nitrogen and oxygen atoms in total. The monoisotopic (exact) mass is 206 g/mol. The highest BCUT2D eigenvalue weighted by Gasteiger charge is 2.28. The molecule has 0 unspecified atom stereocenters. The number of fused-ring (bicyclic) bond motifs is 1. The first-order chi connectivity index (χ1) is 7.01. The number of carbonyl (C=O) groups is 1. The molecule has 0 atom stereocenters. The lowest BCUT2D eigenvalue weighted by molar-refractivity contribution is -0.121. The number of ketones is 1. The van der Waals surface area contributed by atoms with Crippen molar-refractivity contribution in [1.82, 2.24) is 0 Å². The van der Waals surface area contributed by atoms with E-state index < -0.39 is 5.41 Å². The van der Waals surface area contributed by atoms with Crippen LogP contribution < -0.4 is 9.47 Å². The van der Waals surface area contributed by atoms with Crippen LogP contribution in [-0.4, -0.2) is 12.6 Å². The van der Waals surface area contributed by atoms with Gasteiger partial charge in [-0.05, 0) is 38.5 Å². The lowest BCUT2D eigenvalue weighted by atomic mass is 9.81. The van der Waals surface area contributed by atoms with Gasteiger partial charge in [0.1, 0.15) is 5.78 Å². The second-order valence-electron chi connectivity index (χ2n) is 4.25. The van der Waals surface area contributed by atoms with E-state index in [9.17, 15) is 4.79 Å². The first-order valence-corrected chi connectivity index (χ1v) is 4.93. The average Bonchev–Trinajstić information content (AvgIpc) is 2.63. The third-order valence-corrected chi connectivity index (χ3v) is 2.97. The SMILES string of the molecule is CC(=O)C(C)(C)c1ccc2c(c1)OCO2. The average molecular weight is 206 g/mol. The normalized spacial score (nSPS) is 14.1. The molecule has 0 N–H and O–H groups in total. The molecule has 0 fully saturated rings. The number of carbonyl (C=O) groups excluding carboxylic acids is 1. The Morgan fingerprint density at radius 3 is 2.60 bits per heavy atom. The van der Waals surface area contributed by atoms with Crippen LogP contribution >= 0.6 is 0 Å². The predicted octanol–water partition coefficient (Wildman–Crippen LogP) is 2.28. The summed E-state index contributed by atoms with van der Waals surface area (Å²) in [6.45, 7) is 5.68. The van der Waals surface area contributed by atoms with Crippen molar-refractivity contribution < 1.29 is 14.3 Å². The standard InChI is InChI=1S/C12H14O3/c1-8(13)12(2,3)9-4-5-10-11(6-9)15-7-14-10/h4-6H,7H2,1-3H3. The molecule has 2 rings (SSSR count). The first kappa shape index (κ1) is 10.0. The van der Waals surface area contributed by atoms with E-state index in [4.69, 9.17) is 9.47 Å². The van der Waals surface area contributed by atoms with Gasteiger partial charge in [-0.2, -0.15) is 0 Å². The highest BCUT2D eigenvalue weighted by molar-refractivity contribution is 5.87. The Morgan fingerprint density at radius 1 is 1.27 bits per heavy atom. The van der Waals surface area contributed by atoms with Crippen LogP contribution in [0, 0.1) is 0 Å². The van der Waals surface area contributed by atoms with Gasteiger partial charge >= 0.3 is 0 Å². The van der Waals surface area contributed by atoms with Crippen molar-refractivity contribution in [3.05, 3.63) is 23.8 Å². The van der Waals surface area contributed by atoms with E-state index in [1.807, 2.05) is 32.0 Å². The van der Waals surface area contributed by atoms with Crippen LogP contribution in [-0.2, 0) is 10.2 Å². The predicted molar refractivity (Wildman–Crippen MR) is 56.3 cm³/mol. The van der Waals surface area contributed by atoms with Gasteiger partial charge in [-0.25, -0.2) is 0 Å². The number of benzene rings is 1. The Morgan fingerprint density at radius 2 is 1.93 bits per heavy atom. The van der Waals surface area contributed by atoms with Crippen LogP contribution in [0.15, 0.2) is 18.2 Å². The molecule has 0 amide bonds. The molecule has 1 aliphatic heterocycles. The molecule has 1 aromatic rings. The Balaban J connectivity index is 2.42. The van der Waals surface area contributed by atoms with Crippen LogP contribution in [0.25, 0.3) is 0 Å². The first-order valence-electron chi connectivity index (χ1n) is 4.93.